The van der Waals surface area contributed by atoms with Crippen LogP contribution in [0.5, 0.6) is 0 Å². The van der Waals surface area contributed by atoms with Gasteiger partial charge in [-0.3, -0.25) is 0 Å². The minimum atomic E-state index is -2.70. The van der Waals surface area contributed by atoms with Crippen molar-refractivity contribution >= 4 is 23.1 Å². The summed E-state index contributed by atoms with van der Waals surface area (Å²) in [7, 11) is 0. The van der Waals surface area contributed by atoms with Crippen molar-refractivity contribution in [2.24, 2.45) is 5.92 Å². The molecule has 1 amide bonds. The summed E-state index contributed by atoms with van der Waals surface area (Å²) in [6.45, 7) is 6.16. The van der Waals surface area contributed by atoms with Crippen LogP contribution >= 0.6 is 0 Å². The van der Waals surface area contributed by atoms with Gasteiger partial charge in [0.05, 0.1) is 30.7 Å². The van der Waals surface area contributed by atoms with E-state index in [-0.39, 0.29) is 43.1 Å². The van der Waals surface area contributed by atoms with Gasteiger partial charge in [0.15, 0.2) is 5.65 Å². The first kappa shape index (κ1) is 25.6. The van der Waals surface area contributed by atoms with Crippen LogP contribution in [-0.4, -0.2) is 54.4 Å². The van der Waals surface area contributed by atoms with E-state index in [1.54, 1.807) is 16.9 Å². The Morgan fingerprint density at radius 3 is 2.76 bits per heavy atom. The molecule has 2 atom stereocenters. The van der Waals surface area contributed by atoms with Crippen molar-refractivity contribution in [1.82, 2.24) is 24.6 Å². The molecule has 0 spiro atoms. The molecule has 184 valence electrons. The largest absolute Gasteiger partial charge is 0.598 e. The van der Waals surface area contributed by atoms with Crippen molar-refractivity contribution in [2.45, 2.75) is 69.6 Å². The standard InChI is InChI=1S/C21H31F2N5O4S/c1-20(2,3)33(31)25-13-32-9-6-14-10-17-26-16(12-28(17)24-11-14)18(27-19(29)30)15-4-7-21(22,23)8-5-15/h10-12,15,18,25,27H,4-9,13H2,1-3H3,(H,29,30)/t18-,33+/m0/s1. The van der Waals surface area contributed by atoms with Crippen molar-refractivity contribution < 1.29 is 28.0 Å². The van der Waals surface area contributed by atoms with Crippen LogP contribution < -0.4 is 10.0 Å². The van der Waals surface area contributed by atoms with Gasteiger partial charge in [0, 0.05) is 24.2 Å². The van der Waals surface area contributed by atoms with Gasteiger partial charge in [0.2, 0.25) is 5.92 Å². The molecular weight excluding hydrogens is 456 g/mol. The van der Waals surface area contributed by atoms with Gasteiger partial charge < -0.3 is 19.7 Å². The molecule has 9 nitrogen and oxygen atoms in total. The summed E-state index contributed by atoms with van der Waals surface area (Å²) in [5.41, 5.74) is 1.87. The fraction of sp³-hybridized carbons (Fsp3) is 0.667. The quantitative estimate of drug-likeness (QED) is 0.281. The highest BCUT2D eigenvalue weighted by Gasteiger charge is 2.39. The summed E-state index contributed by atoms with van der Waals surface area (Å²) in [5, 5.41) is 16.1. The predicted octanol–water partition coefficient (Wildman–Crippen LogP) is 3.43. The lowest BCUT2D eigenvalue weighted by Crippen LogP contribution is -2.40. The number of rotatable bonds is 9. The number of ether oxygens (including phenoxy) is 1. The fourth-order valence-corrected chi connectivity index (χ4v) is 4.38. The van der Waals surface area contributed by atoms with Crippen molar-refractivity contribution in [2.75, 3.05) is 13.3 Å². The highest BCUT2D eigenvalue weighted by molar-refractivity contribution is 7.90. The molecule has 2 aromatic heterocycles. The number of imidazole rings is 1. The van der Waals surface area contributed by atoms with E-state index in [4.69, 9.17) is 4.74 Å². The number of nitrogens with one attached hydrogen (secondary N) is 2. The van der Waals surface area contributed by atoms with Crippen LogP contribution in [0.15, 0.2) is 18.5 Å². The lowest BCUT2D eigenvalue weighted by molar-refractivity contribution is -0.0495. The average molecular weight is 488 g/mol. The van der Waals surface area contributed by atoms with Gasteiger partial charge in [-0.2, -0.15) is 5.10 Å². The number of fused-ring (bicyclic) bond motifs is 1. The third-order valence-corrected chi connectivity index (χ3v) is 7.10. The summed E-state index contributed by atoms with van der Waals surface area (Å²) in [6.07, 6.45) is 2.56. The van der Waals surface area contributed by atoms with Crippen LogP contribution in [-0.2, 0) is 22.5 Å². The van der Waals surface area contributed by atoms with Gasteiger partial charge in [-0.25, -0.2) is 23.1 Å². The number of halogens is 2. The van der Waals surface area contributed by atoms with E-state index < -0.39 is 29.4 Å². The monoisotopic (exact) mass is 487 g/mol. The van der Waals surface area contributed by atoms with E-state index in [1.165, 1.54) is 0 Å². The smallest absolute Gasteiger partial charge is 0.405 e. The molecule has 0 bridgehead atoms. The number of amides is 1. The zero-order valence-electron chi connectivity index (χ0n) is 19.0. The van der Waals surface area contributed by atoms with Gasteiger partial charge in [-0.05, 0) is 57.6 Å². The van der Waals surface area contributed by atoms with Crippen molar-refractivity contribution in [3.8, 4) is 0 Å². The van der Waals surface area contributed by atoms with Crippen molar-refractivity contribution in [3.05, 3.63) is 29.7 Å². The molecule has 1 fully saturated rings. The maximum Gasteiger partial charge on any atom is 0.405 e. The van der Waals surface area contributed by atoms with Crippen LogP contribution in [0.4, 0.5) is 13.6 Å². The Morgan fingerprint density at radius 2 is 2.12 bits per heavy atom. The van der Waals surface area contributed by atoms with Crippen LogP contribution in [0.1, 0.15) is 63.8 Å². The summed E-state index contributed by atoms with van der Waals surface area (Å²) in [4.78, 5) is 15.9. The first-order valence-electron chi connectivity index (χ1n) is 10.9. The SMILES string of the molecule is CC(C)(C)[S@@+]([O-])NCOCCc1cnn2cc([C@@H](NC(=O)O)C3CCC(F)(F)CC3)nc2c1. The molecule has 1 aliphatic rings. The fourth-order valence-electron chi connectivity index (χ4n) is 3.76. The Bertz CT molecular complexity index is 942. The lowest BCUT2D eigenvalue weighted by Gasteiger charge is -2.32. The first-order chi connectivity index (χ1) is 15.4. The zero-order chi connectivity index (χ0) is 24.2. The maximum atomic E-state index is 13.6. The third-order valence-electron chi connectivity index (χ3n) is 5.61. The number of alkyl halides is 2. The van der Waals surface area contributed by atoms with Gasteiger partial charge in [-0.15, -0.1) is 4.72 Å². The van der Waals surface area contributed by atoms with Crippen LogP contribution in [0.2, 0.25) is 0 Å². The van der Waals surface area contributed by atoms with Gasteiger partial charge in [0.1, 0.15) is 11.5 Å². The summed E-state index contributed by atoms with van der Waals surface area (Å²) >= 11 is -1.21. The molecule has 0 unspecified atom stereocenters. The molecule has 2 heterocycles. The van der Waals surface area contributed by atoms with Crippen molar-refractivity contribution in [1.29, 1.82) is 0 Å². The topological polar surface area (TPSA) is 124 Å². The minimum Gasteiger partial charge on any atom is -0.598 e. The molecule has 33 heavy (non-hydrogen) atoms. The number of nitrogens with zero attached hydrogens (tertiary/aromatic N) is 3. The first-order valence-corrected chi connectivity index (χ1v) is 12.0. The summed E-state index contributed by atoms with van der Waals surface area (Å²) in [6, 6.07) is 1.15. The van der Waals surface area contributed by atoms with E-state index in [9.17, 15) is 23.2 Å². The second-order valence-electron chi connectivity index (χ2n) is 9.28. The molecule has 0 radical (unpaired) electrons. The number of carbonyl (C=O) groups is 1. The van der Waals surface area contributed by atoms with Crippen LogP contribution in [0.3, 0.4) is 0 Å². The highest BCUT2D eigenvalue weighted by Crippen LogP contribution is 2.41. The molecular formula is C21H31F2N5O4S. The lowest BCUT2D eigenvalue weighted by atomic mass is 9.81. The van der Waals surface area contributed by atoms with E-state index >= 15 is 0 Å². The molecule has 2 aromatic rings. The second-order valence-corrected chi connectivity index (χ2v) is 11.3. The molecule has 0 saturated heterocycles. The second kappa shape index (κ2) is 10.5. The minimum absolute atomic E-state index is 0.163. The number of aromatic nitrogens is 3. The Labute approximate surface area is 194 Å². The number of hydrogen-bond acceptors (Lipinski definition) is 6. The van der Waals surface area contributed by atoms with E-state index in [1.807, 2.05) is 26.8 Å². The molecule has 1 saturated carbocycles. The molecule has 12 heteroatoms. The van der Waals surface area contributed by atoms with E-state index in [2.05, 4.69) is 20.1 Å². The van der Waals surface area contributed by atoms with Gasteiger partial charge in [0.25, 0.3) is 0 Å². The third kappa shape index (κ3) is 7.23. The summed E-state index contributed by atoms with van der Waals surface area (Å²) in [5.74, 6) is -2.95. The predicted molar refractivity (Wildman–Crippen MR) is 119 cm³/mol. The molecule has 3 rings (SSSR count). The van der Waals surface area contributed by atoms with E-state index in [0.717, 1.165) is 5.56 Å². The number of carboxylic acid groups (broad SMARTS) is 1. The van der Waals surface area contributed by atoms with Crippen LogP contribution in [0.25, 0.3) is 5.65 Å². The summed E-state index contributed by atoms with van der Waals surface area (Å²) < 4.78 is 48.6. The average Bonchev–Trinajstić information content (AvgIpc) is 3.14. The maximum absolute atomic E-state index is 13.6. The Hall–Kier alpha value is -2.02. The normalized spacial score (nSPS) is 18.8. The van der Waals surface area contributed by atoms with Crippen LogP contribution in [0, 0.1) is 5.92 Å². The van der Waals surface area contributed by atoms with E-state index in [0.29, 0.717) is 24.4 Å². The number of hydrogen-bond donors (Lipinski definition) is 3. The highest BCUT2D eigenvalue weighted by atomic mass is 32.2. The molecule has 0 aromatic carbocycles. The zero-order valence-corrected chi connectivity index (χ0v) is 19.8. The van der Waals surface area contributed by atoms with Crippen molar-refractivity contribution in [3.63, 3.8) is 0 Å². The molecule has 1 aliphatic carbocycles. The Kier molecular flexibility index (Phi) is 8.14. The Morgan fingerprint density at radius 1 is 1.42 bits per heavy atom. The van der Waals surface area contributed by atoms with Gasteiger partial charge >= 0.3 is 6.09 Å². The molecule has 3 N–H and O–H groups in total. The molecule has 0 aliphatic heterocycles. The Balaban J connectivity index is 1.62. The van der Waals surface area contributed by atoms with Gasteiger partial charge in [-0.1, -0.05) is 0 Å².